The molecule has 0 fully saturated rings. The van der Waals surface area contributed by atoms with Crippen molar-refractivity contribution >= 4 is 39.1 Å². The minimum Gasteiger partial charge on any atom is -0.451 e. The molecule has 20 heavy (non-hydrogen) atoms. The largest absolute Gasteiger partial charge is 0.451 e. The van der Waals surface area contributed by atoms with Gasteiger partial charge in [0.15, 0.2) is 6.61 Å². The first-order valence-corrected chi connectivity index (χ1v) is 7.49. The van der Waals surface area contributed by atoms with Crippen molar-refractivity contribution in [1.29, 1.82) is 0 Å². The van der Waals surface area contributed by atoms with Gasteiger partial charge in [-0.2, -0.15) is 0 Å². The molecule has 0 atom stereocenters. The van der Waals surface area contributed by atoms with Crippen LogP contribution in [0.1, 0.15) is 15.2 Å². The summed E-state index contributed by atoms with van der Waals surface area (Å²) in [6.45, 7) is 0.142. The molecule has 1 aromatic heterocycles. The summed E-state index contributed by atoms with van der Waals surface area (Å²) in [7, 11) is 0. The highest BCUT2D eigenvalue weighted by atomic mass is 79.9. The highest BCUT2D eigenvalue weighted by molar-refractivity contribution is 9.11. The molecular formula is C14H12BrNO3S. The normalized spacial score (nSPS) is 10.1. The van der Waals surface area contributed by atoms with Crippen molar-refractivity contribution in [3.05, 3.63) is 56.7 Å². The summed E-state index contributed by atoms with van der Waals surface area (Å²) in [5, 5.41) is 2.69. The zero-order valence-electron chi connectivity index (χ0n) is 10.5. The third-order valence-corrected chi connectivity index (χ3v) is 4.04. The molecule has 0 aliphatic carbocycles. The van der Waals surface area contributed by atoms with E-state index in [0.717, 1.165) is 9.35 Å². The van der Waals surface area contributed by atoms with Gasteiger partial charge in [-0.05, 0) is 33.6 Å². The molecule has 0 radical (unpaired) electrons. The van der Waals surface area contributed by atoms with Gasteiger partial charge in [-0.1, -0.05) is 30.3 Å². The van der Waals surface area contributed by atoms with Crippen molar-refractivity contribution in [2.75, 3.05) is 6.61 Å². The number of carbonyl (C=O) groups excluding carboxylic acids is 2. The van der Waals surface area contributed by atoms with Crippen molar-refractivity contribution in [2.24, 2.45) is 0 Å². The highest BCUT2D eigenvalue weighted by Gasteiger charge is 2.12. The average Bonchev–Trinajstić information content (AvgIpc) is 2.90. The van der Waals surface area contributed by atoms with Crippen molar-refractivity contribution in [2.45, 2.75) is 6.54 Å². The van der Waals surface area contributed by atoms with Crippen LogP contribution < -0.4 is 5.32 Å². The molecule has 1 heterocycles. The second-order valence-corrected chi connectivity index (χ2v) is 6.41. The molecule has 4 nitrogen and oxygen atoms in total. The number of nitrogens with one attached hydrogen (secondary N) is 1. The van der Waals surface area contributed by atoms with Crippen LogP contribution in [-0.2, 0) is 16.1 Å². The summed E-state index contributed by atoms with van der Waals surface area (Å²) >= 11 is 4.53. The summed E-state index contributed by atoms with van der Waals surface area (Å²) in [6.07, 6.45) is 0. The Bertz CT molecular complexity index is 597. The van der Waals surface area contributed by atoms with Gasteiger partial charge in [-0.15, -0.1) is 11.3 Å². The van der Waals surface area contributed by atoms with Crippen molar-refractivity contribution < 1.29 is 14.3 Å². The quantitative estimate of drug-likeness (QED) is 0.840. The summed E-state index contributed by atoms with van der Waals surface area (Å²) < 4.78 is 5.78. The van der Waals surface area contributed by atoms with Crippen LogP contribution in [0.15, 0.2) is 46.3 Å². The number of ether oxygens (including phenoxy) is 1. The Morgan fingerprint density at radius 2 is 1.90 bits per heavy atom. The minimum absolute atomic E-state index is 0.277. The molecule has 0 aliphatic rings. The SMILES string of the molecule is O=C(COC(=O)c1ccc(Br)s1)NCc1ccccc1. The predicted molar refractivity (Wildman–Crippen MR) is 80.6 cm³/mol. The number of carbonyl (C=O) groups is 2. The van der Waals surface area contributed by atoms with Crippen molar-refractivity contribution in [3.63, 3.8) is 0 Å². The van der Waals surface area contributed by atoms with E-state index in [9.17, 15) is 9.59 Å². The first-order valence-electron chi connectivity index (χ1n) is 5.88. The lowest BCUT2D eigenvalue weighted by Gasteiger charge is -2.05. The van der Waals surface area contributed by atoms with E-state index in [1.807, 2.05) is 30.3 Å². The lowest BCUT2D eigenvalue weighted by molar-refractivity contribution is -0.124. The second kappa shape index (κ2) is 7.21. The van der Waals surface area contributed by atoms with Crippen LogP contribution in [0.5, 0.6) is 0 Å². The van der Waals surface area contributed by atoms with Gasteiger partial charge in [0.2, 0.25) is 0 Å². The number of hydrogen-bond donors (Lipinski definition) is 1. The molecule has 0 saturated heterocycles. The maximum atomic E-state index is 11.6. The Hall–Kier alpha value is -1.66. The zero-order valence-corrected chi connectivity index (χ0v) is 12.9. The van der Waals surface area contributed by atoms with E-state index < -0.39 is 5.97 Å². The number of esters is 1. The molecule has 6 heteroatoms. The topological polar surface area (TPSA) is 55.4 Å². The summed E-state index contributed by atoms with van der Waals surface area (Å²) in [5.41, 5.74) is 0.995. The van der Waals surface area contributed by atoms with Crippen LogP contribution in [0, 0.1) is 0 Å². The minimum atomic E-state index is -0.490. The fourth-order valence-electron chi connectivity index (χ4n) is 1.47. The third-order valence-electron chi connectivity index (χ3n) is 2.44. The van der Waals surface area contributed by atoms with Crippen LogP contribution in [0.3, 0.4) is 0 Å². The second-order valence-electron chi connectivity index (χ2n) is 3.94. The van der Waals surface area contributed by atoms with E-state index in [4.69, 9.17) is 4.74 Å². The Kier molecular flexibility index (Phi) is 5.31. The predicted octanol–water partition coefficient (Wildman–Crippen LogP) is 2.98. The summed E-state index contributed by atoms with van der Waals surface area (Å²) in [4.78, 5) is 23.7. The maximum absolute atomic E-state index is 11.6. The van der Waals surface area contributed by atoms with Crippen LogP contribution in [0.2, 0.25) is 0 Å². The highest BCUT2D eigenvalue weighted by Crippen LogP contribution is 2.22. The monoisotopic (exact) mass is 353 g/mol. The number of thiophene rings is 1. The maximum Gasteiger partial charge on any atom is 0.348 e. The van der Waals surface area contributed by atoms with Gasteiger partial charge in [0.25, 0.3) is 5.91 Å². The van der Waals surface area contributed by atoms with Crippen molar-refractivity contribution in [3.8, 4) is 0 Å². The number of rotatable bonds is 5. The number of halogens is 1. The Morgan fingerprint density at radius 1 is 1.15 bits per heavy atom. The lowest BCUT2D eigenvalue weighted by atomic mass is 10.2. The van der Waals surface area contributed by atoms with E-state index in [1.165, 1.54) is 11.3 Å². The fraction of sp³-hybridized carbons (Fsp3) is 0.143. The lowest BCUT2D eigenvalue weighted by Crippen LogP contribution is -2.28. The van der Waals surface area contributed by atoms with Gasteiger partial charge >= 0.3 is 5.97 Å². The van der Waals surface area contributed by atoms with Crippen LogP contribution >= 0.6 is 27.3 Å². The Morgan fingerprint density at radius 3 is 2.55 bits per heavy atom. The summed E-state index contributed by atoms with van der Waals surface area (Å²) in [5.74, 6) is -0.812. The molecule has 2 rings (SSSR count). The number of hydrogen-bond acceptors (Lipinski definition) is 4. The van der Waals surface area contributed by atoms with E-state index in [1.54, 1.807) is 12.1 Å². The van der Waals surface area contributed by atoms with E-state index in [2.05, 4.69) is 21.2 Å². The number of amides is 1. The van der Waals surface area contributed by atoms with Gasteiger partial charge < -0.3 is 10.1 Å². The van der Waals surface area contributed by atoms with E-state index in [-0.39, 0.29) is 12.5 Å². The van der Waals surface area contributed by atoms with Gasteiger partial charge in [0.05, 0.1) is 3.79 Å². The number of benzene rings is 1. The Labute approximate surface area is 128 Å². The first-order chi connectivity index (χ1) is 9.65. The van der Waals surface area contributed by atoms with Gasteiger partial charge in [-0.3, -0.25) is 4.79 Å². The molecule has 1 amide bonds. The van der Waals surface area contributed by atoms with E-state index >= 15 is 0 Å². The smallest absolute Gasteiger partial charge is 0.348 e. The molecular weight excluding hydrogens is 342 g/mol. The van der Waals surface area contributed by atoms with Gasteiger partial charge in [-0.25, -0.2) is 4.79 Å². The average molecular weight is 354 g/mol. The van der Waals surface area contributed by atoms with Gasteiger partial charge in [0, 0.05) is 6.54 Å². The van der Waals surface area contributed by atoms with Gasteiger partial charge in [0.1, 0.15) is 4.88 Å². The van der Waals surface area contributed by atoms with Crippen LogP contribution in [0.25, 0.3) is 0 Å². The molecule has 104 valence electrons. The molecule has 2 aromatic rings. The fourth-order valence-corrected chi connectivity index (χ4v) is 2.75. The third kappa shape index (κ3) is 4.47. The molecule has 1 aromatic carbocycles. The molecule has 0 spiro atoms. The first kappa shape index (κ1) is 14.7. The standard InChI is InChI=1S/C14H12BrNO3S/c15-12-7-6-11(20-12)14(18)19-9-13(17)16-8-10-4-2-1-3-5-10/h1-7H,8-9H2,(H,16,17). The molecule has 0 unspecified atom stereocenters. The van der Waals surface area contributed by atoms with Crippen LogP contribution in [0.4, 0.5) is 0 Å². The summed E-state index contributed by atoms with van der Waals surface area (Å²) in [6, 6.07) is 12.9. The molecule has 0 bridgehead atoms. The molecule has 0 saturated carbocycles. The van der Waals surface area contributed by atoms with Crippen LogP contribution in [-0.4, -0.2) is 18.5 Å². The zero-order chi connectivity index (χ0) is 14.4. The molecule has 0 aliphatic heterocycles. The van der Waals surface area contributed by atoms with E-state index in [0.29, 0.717) is 11.4 Å². The Balaban J connectivity index is 1.74. The van der Waals surface area contributed by atoms with Crippen molar-refractivity contribution in [1.82, 2.24) is 5.32 Å². The molecule has 1 N–H and O–H groups in total.